The van der Waals surface area contributed by atoms with Crippen LogP contribution >= 0.6 is 0 Å². The van der Waals surface area contributed by atoms with E-state index in [1.165, 1.54) is 6.08 Å². The monoisotopic (exact) mass is 360 g/mol. The Hall–Kier alpha value is -3.80. The quantitative estimate of drug-likeness (QED) is 0.520. The fourth-order valence-electron chi connectivity index (χ4n) is 2.61. The predicted molar refractivity (Wildman–Crippen MR) is 102 cm³/mol. The number of amides is 1. The maximum atomic E-state index is 12.0. The Bertz CT molecular complexity index is 1110. The van der Waals surface area contributed by atoms with E-state index in [0.717, 1.165) is 11.3 Å². The lowest BCUT2D eigenvalue weighted by atomic mass is 10.2. The zero-order valence-corrected chi connectivity index (χ0v) is 14.5. The van der Waals surface area contributed by atoms with Crippen LogP contribution in [-0.4, -0.2) is 18.0 Å². The molecule has 4 aromatic rings. The summed E-state index contributed by atoms with van der Waals surface area (Å²) in [6.07, 6.45) is 4.56. The number of rotatable bonds is 5. The van der Waals surface area contributed by atoms with E-state index in [9.17, 15) is 4.79 Å². The number of ether oxygens (including phenoxy) is 1. The lowest BCUT2D eigenvalue weighted by Crippen LogP contribution is -2.07. The van der Waals surface area contributed by atoms with Crippen LogP contribution in [0.25, 0.3) is 28.6 Å². The highest BCUT2D eigenvalue weighted by Gasteiger charge is 2.10. The Balaban J connectivity index is 1.54. The molecule has 0 bridgehead atoms. The van der Waals surface area contributed by atoms with Gasteiger partial charge in [0.25, 0.3) is 0 Å². The summed E-state index contributed by atoms with van der Waals surface area (Å²) >= 11 is 0. The Kier molecular flexibility index (Phi) is 4.45. The van der Waals surface area contributed by atoms with Gasteiger partial charge in [-0.05, 0) is 54.6 Å². The number of hydrogen-bond acceptors (Lipinski definition) is 5. The SMILES string of the molecule is COc1cccc(-c2nc3cc(NC(=O)/C=C/c4ccco4)ccc3o2)c1. The van der Waals surface area contributed by atoms with Crippen molar-refractivity contribution in [2.24, 2.45) is 0 Å². The number of anilines is 1. The molecule has 134 valence electrons. The Morgan fingerprint density at radius 2 is 2.07 bits per heavy atom. The van der Waals surface area contributed by atoms with Crippen LogP contribution in [0.5, 0.6) is 5.75 Å². The van der Waals surface area contributed by atoms with Crippen molar-refractivity contribution in [3.8, 4) is 17.2 Å². The van der Waals surface area contributed by atoms with Crippen molar-refractivity contribution in [1.82, 2.24) is 4.98 Å². The summed E-state index contributed by atoms with van der Waals surface area (Å²) in [6, 6.07) is 16.3. The summed E-state index contributed by atoms with van der Waals surface area (Å²) < 4.78 is 16.2. The molecule has 1 amide bonds. The summed E-state index contributed by atoms with van der Waals surface area (Å²) in [4.78, 5) is 16.6. The number of oxazole rings is 1. The maximum Gasteiger partial charge on any atom is 0.248 e. The fraction of sp³-hybridized carbons (Fsp3) is 0.0476. The normalized spacial score (nSPS) is 11.1. The molecule has 0 radical (unpaired) electrons. The van der Waals surface area contributed by atoms with Gasteiger partial charge in [-0.25, -0.2) is 4.98 Å². The van der Waals surface area contributed by atoms with Crippen molar-refractivity contribution in [2.45, 2.75) is 0 Å². The first-order chi connectivity index (χ1) is 13.2. The van der Waals surface area contributed by atoms with E-state index in [1.54, 1.807) is 49.8 Å². The average Bonchev–Trinajstić information content (AvgIpc) is 3.35. The smallest absolute Gasteiger partial charge is 0.248 e. The molecule has 0 aliphatic heterocycles. The Morgan fingerprint density at radius 1 is 1.15 bits per heavy atom. The molecule has 0 atom stereocenters. The molecule has 6 heteroatoms. The molecule has 6 nitrogen and oxygen atoms in total. The largest absolute Gasteiger partial charge is 0.497 e. The second-order valence-electron chi connectivity index (χ2n) is 5.77. The van der Waals surface area contributed by atoms with Crippen LogP contribution in [0, 0.1) is 0 Å². The summed E-state index contributed by atoms with van der Waals surface area (Å²) in [6.45, 7) is 0. The first-order valence-corrected chi connectivity index (χ1v) is 8.29. The van der Waals surface area contributed by atoms with Gasteiger partial charge < -0.3 is 18.9 Å². The van der Waals surface area contributed by atoms with Gasteiger partial charge in [0.05, 0.1) is 13.4 Å². The zero-order chi connectivity index (χ0) is 18.6. The van der Waals surface area contributed by atoms with Crippen molar-refractivity contribution in [3.05, 3.63) is 72.7 Å². The van der Waals surface area contributed by atoms with Crippen LogP contribution in [0.3, 0.4) is 0 Å². The first-order valence-electron chi connectivity index (χ1n) is 8.29. The molecule has 0 saturated carbocycles. The number of nitrogens with zero attached hydrogens (tertiary/aromatic N) is 1. The minimum absolute atomic E-state index is 0.262. The number of furan rings is 1. The van der Waals surface area contributed by atoms with Crippen molar-refractivity contribution in [3.63, 3.8) is 0 Å². The highest BCUT2D eigenvalue weighted by molar-refractivity contribution is 6.02. The zero-order valence-electron chi connectivity index (χ0n) is 14.5. The van der Waals surface area contributed by atoms with Crippen LogP contribution in [0.15, 0.2) is 75.8 Å². The molecule has 2 aromatic heterocycles. The molecule has 0 spiro atoms. The highest BCUT2D eigenvalue weighted by atomic mass is 16.5. The van der Waals surface area contributed by atoms with Crippen LogP contribution in [0.4, 0.5) is 5.69 Å². The molecule has 1 N–H and O–H groups in total. The van der Waals surface area contributed by atoms with E-state index in [4.69, 9.17) is 13.6 Å². The third kappa shape index (κ3) is 3.74. The lowest BCUT2D eigenvalue weighted by Gasteiger charge is -2.00. The molecule has 0 aliphatic carbocycles. The van der Waals surface area contributed by atoms with Crippen LogP contribution < -0.4 is 10.1 Å². The molecule has 0 aliphatic rings. The van der Waals surface area contributed by atoms with Gasteiger partial charge in [-0.3, -0.25) is 4.79 Å². The minimum Gasteiger partial charge on any atom is -0.497 e. The molecule has 4 rings (SSSR count). The van der Waals surface area contributed by atoms with E-state index in [2.05, 4.69) is 10.3 Å². The molecule has 0 saturated heterocycles. The number of fused-ring (bicyclic) bond motifs is 1. The molecular formula is C21H16N2O4. The molecular weight excluding hydrogens is 344 g/mol. The highest BCUT2D eigenvalue weighted by Crippen LogP contribution is 2.28. The van der Waals surface area contributed by atoms with Gasteiger partial charge in [-0.15, -0.1) is 0 Å². The van der Waals surface area contributed by atoms with Crippen molar-refractivity contribution in [1.29, 1.82) is 0 Å². The van der Waals surface area contributed by atoms with E-state index in [0.29, 0.717) is 28.4 Å². The third-order valence-electron chi connectivity index (χ3n) is 3.91. The lowest BCUT2D eigenvalue weighted by molar-refractivity contribution is -0.111. The van der Waals surface area contributed by atoms with Gasteiger partial charge in [0, 0.05) is 17.3 Å². The van der Waals surface area contributed by atoms with E-state index in [-0.39, 0.29) is 5.91 Å². The standard InChI is InChI=1S/C21H16N2O4/c1-25-17-5-2-4-14(12-17)21-23-18-13-15(7-9-19(18)27-21)22-20(24)10-8-16-6-3-11-26-16/h2-13H,1H3,(H,22,24)/b10-8+. The number of hydrogen-bond donors (Lipinski definition) is 1. The van der Waals surface area contributed by atoms with Gasteiger partial charge >= 0.3 is 0 Å². The van der Waals surface area contributed by atoms with Gasteiger partial charge in [-0.2, -0.15) is 0 Å². The van der Waals surface area contributed by atoms with Gasteiger partial charge in [-0.1, -0.05) is 6.07 Å². The third-order valence-corrected chi connectivity index (χ3v) is 3.91. The van der Waals surface area contributed by atoms with Gasteiger partial charge in [0.2, 0.25) is 11.8 Å². The number of carbonyl (C=O) groups is 1. The summed E-state index contributed by atoms with van der Waals surface area (Å²) in [7, 11) is 1.61. The summed E-state index contributed by atoms with van der Waals surface area (Å²) in [5.74, 6) is 1.57. The molecule has 27 heavy (non-hydrogen) atoms. The van der Waals surface area contributed by atoms with Crippen molar-refractivity contribution in [2.75, 3.05) is 12.4 Å². The first kappa shape index (κ1) is 16.7. The topological polar surface area (TPSA) is 77.5 Å². The number of aromatic nitrogens is 1. The van der Waals surface area contributed by atoms with Gasteiger partial charge in [0.15, 0.2) is 5.58 Å². The molecule has 0 fully saturated rings. The summed E-state index contributed by atoms with van der Waals surface area (Å²) in [5, 5.41) is 2.79. The fourth-order valence-corrected chi connectivity index (χ4v) is 2.61. The van der Waals surface area contributed by atoms with Crippen LogP contribution in [-0.2, 0) is 4.79 Å². The van der Waals surface area contributed by atoms with Crippen LogP contribution in [0.2, 0.25) is 0 Å². The number of carbonyl (C=O) groups excluding carboxylic acids is 1. The Labute approximate surface area is 155 Å². The van der Waals surface area contributed by atoms with Crippen molar-refractivity contribution < 1.29 is 18.4 Å². The summed E-state index contributed by atoms with van der Waals surface area (Å²) in [5.41, 5.74) is 2.73. The average molecular weight is 360 g/mol. The number of benzene rings is 2. The second-order valence-corrected chi connectivity index (χ2v) is 5.77. The number of methoxy groups -OCH3 is 1. The van der Waals surface area contributed by atoms with Crippen LogP contribution in [0.1, 0.15) is 5.76 Å². The number of nitrogens with one attached hydrogen (secondary N) is 1. The maximum absolute atomic E-state index is 12.0. The van der Waals surface area contributed by atoms with Crippen molar-refractivity contribution >= 4 is 28.8 Å². The van der Waals surface area contributed by atoms with Gasteiger partial charge in [0.1, 0.15) is 17.0 Å². The minimum atomic E-state index is -0.262. The molecule has 0 unspecified atom stereocenters. The molecule has 2 heterocycles. The van der Waals surface area contributed by atoms with E-state index < -0.39 is 0 Å². The Morgan fingerprint density at radius 3 is 2.89 bits per heavy atom. The second kappa shape index (κ2) is 7.21. The predicted octanol–water partition coefficient (Wildman–Crippen LogP) is 4.75. The van der Waals surface area contributed by atoms with E-state index in [1.807, 2.05) is 24.3 Å². The van der Waals surface area contributed by atoms with E-state index >= 15 is 0 Å². The molecule has 2 aromatic carbocycles.